The summed E-state index contributed by atoms with van der Waals surface area (Å²) in [7, 11) is 1.57. The summed E-state index contributed by atoms with van der Waals surface area (Å²) in [5.41, 5.74) is 5.49. The molecule has 0 radical (unpaired) electrons. The first-order chi connectivity index (χ1) is 14.0. The molecule has 2 heterocycles. The van der Waals surface area contributed by atoms with Gasteiger partial charge in [0.25, 0.3) is 0 Å². The molecule has 146 valence electrons. The molecule has 4 aromatic rings. The maximum Gasteiger partial charge on any atom is 0.368 e. The van der Waals surface area contributed by atoms with Gasteiger partial charge in [0, 0.05) is 24.4 Å². The molecule has 7 nitrogen and oxygen atoms in total. The number of nitrogens with zero attached hydrogens (tertiary/aromatic N) is 5. The van der Waals surface area contributed by atoms with E-state index in [-0.39, 0.29) is 12.3 Å². The van der Waals surface area contributed by atoms with Crippen LogP contribution in [0.4, 0.5) is 0 Å². The van der Waals surface area contributed by atoms with Crippen molar-refractivity contribution in [3.05, 3.63) is 88.1 Å². The maximum absolute atomic E-state index is 12.3. The fourth-order valence-corrected chi connectivity index (χ4v) is 3.17. The number of hydrogen-bond acceptors (Lipinski definition) is 5. The van der Waals surface area contributed by atoms with Gasteiger partial charge in [-0.25, -0.2) is 4.79 Å². The van der Waals surface area contributed by atoms with E-state index in [1.807, 2.05) is 49.5 Å². The average Bonchev–Trinajstić information content (AvgIpc) is 3.05. The third kappa shape index (κ3) is 3.80. The molecule has 2 aromatic carbocycles. The SMILES string of the molecule is Cc1cccc(-c2cncc(OCc3c(C)cccc3-n3nnn(C)c3=O)c2)c1. The molecular formula is C22H21N5O2. The molecule has 4 rings (SSSR count). The Bertz CT molecular complexity index is 1230. The van der Waals surface area contributed by atoms with Crippen LogP contribution in [-0.4, -0.2) is 24.8 Å². The van der Waals surface area contributed by atoms with Gasteiger partial charge in [-0.1, -0.05) is 42.0 Å². The molecule has 0 aliphatic heterocycles. The van der Waals surface area contributed by atoms with Crippen LogP contribution in [0.15, 0.2) is 65.7 Å². The quantitative estimate of drug-likeness (QED) is 0.526. The van der Waals surface area contributed by atoms with Crippen molar-refractivity contribution in [3.8, 4) is 22.6 Å². The molecule has 0 saturated heterocycles. The topological polar surface area (TPSA) is 74.8 Å². The van der Waals surface area contributed by atoms with Gasteiger partial charge >= 0.3 is 5.69 Å². The van der Waals surface area contributed by atoms with Gasteiger partial charge in [-0.15, -0.1) is 0 Å². The van der Waals surface area contributed by atoms with Crippen LogP contribution in [0, 0.1) is 13.8 Å². The number of tetrazole rings is 1. The summed E-state index contributed by atoms with van der Waals surface area (Å²) in [4.78, 5) is 16.6. The predicted octanol–water partition coefficient (Wildman–Crippen LogP) is 3.22. The standard InChI is InChI=1S/C22H21N5O2/c1-15-6-4-8-17(10-15)18-11-19(13-23-12-18)29-14-20-16(2)7-5-9-21(20)27-22(28)26(3)24-25-27/h4-13H,14H2,1-3H3. The van der Waals surface area contributed by atoms with Crippen LogP contribution in [0.5, 0.6) is 5.75 Å². The first-order valence-electron chi connectivity index (χ1n) is 9.25. The Kier molecular flexibility index (Phi) is 4.95. The highest BCUT2D eigenvalue weighted by atomic mass is 16.5. The molecule has 0 amide bonds. The van der Waals surface area contributed by atoms with E-state index in [4.69, 9.17) is 4.74 Å². The normalized spacial score (nSPS) is 10.9. The Morgan fingerprint density at radius 1 is 0.966 bits per heavy atom. The number of benzene rings is 2. The number of aryl methyl sites for hydroxylation is 3. The molecule has 0 bridgehead atoms. The van der Waals surface area contributed by atoms with Gasteiger partial charge in [-0.3, -0.25) is 4.98 Å². The lowest BCUT2D eigenvalue weighted by atomic mass is 10.1. The van der Waals surface area contributed by atoms with Crippen molar-refractivity contribution in [3.63, 3.8) is 0 Å². The second kappa shape index (κ2) is 7.71. The Hall–Kier alpha value is -3.74. The Morgan fingerprint density at radius 3 is 2.55 bits per heavy atom. The zero-order valence-corrected chi connectivity index (χ0v) is 16.5. The van der Waals surface area contributed by atoms with Crippen molar-refractivity contribution >= 4 is 0 Å². The highest BCUT2D eigenvalue weighted by Gasteiger charge is 2.14. The van der Waals surface area contributed by atoms with Gasteiger partial charge in [0.05, 0.1) is 11.9 Å². The predicted molar refractivity (Wildman–Crippen MR) is 110 cm³/mol. The minimum Gasteiger partial charge on any atom is -0.487 e. The molecular weight excluding hydrogens is 366 g/mol. The smallest absolute Gasteiger partial charge is 0.368 e. The average molecular weight is 387 g/mol. The lowest BCUT2D eigenvalue weighted by Crippen LogP contribution is -2.23. The van der Waals surface area contributed by atoms with Gasteiger partial charge in [-0.2, -0.15) is 9.36 Å². The molecule has 2 aromatic heterocycles. The fraction of sp³-hybridized carbons (Fsp3) is 0.182. The number of hydrogen-bond donors (Lipinski definition) is 0. The molecule has 0 aliphatic carbocycles. The van der Waals surface area contributed by atoms with Crippen LogP contribution in [0.25, 0.3) is 16.8 Å². The van der Waals surface area contributed by atoms with Crippen molar-refractivity contribution in [1.82, 2.24) is 24.8 Å². The van der Waals surface area contributed by atoms with Crippen molar-refractivity contribution in [2.24, 2.45) is 7.05 Å². The number of ether oxygens (including phenoxy) is 1. The van der Waals surface area contributed by atoms with Crippen molar-refractivity contribution in [2.75, 3.05) is 0 Å². The van der Waals surface area contributed by atoms with E-state index < -0.39 is 0 Å². The van der Waals surface area contributed by atoms with E-state index in [0.717, 1.165) is 22.3 Å². The molecule has 0 N–H and O–H groups in total. The second-order valence-electron chi connectivity index (χ2n) is 6.94. The van der Waals surface area contributed by atoms with Gasteiger partial charge < -0.3 is 4.74 Å². The lowest BCUT2D eigenvalue weighted by Gasteiger charge is -2.13. The van der Waals surface area contributed by atoms with E-state index in [9.17, 15) is 4.79 Å². The third-order valence-electron chi connectivity index (χ3n) is 4.78. The summed E-state index contributed by atoms with van der Waals surface area (Å²) in [6.07, 6.45) is 3.51. The first kappa shape index (κ1) is 18.6. The van der Waals surface area contributed by atoms with Crippen molar-refractivity contribution < 1.29 is 4.74 Å². The zero-order chi connectivity index (χ0) is 20.4. The van der Waals surface area contributed by atoms with Gasteiger partial charge in [0.15, 0.2) is 0 Å². The van der Waals surface area contributed by atoms with Crippen LogP contribution in [0.2, 0.25) is 0 Å². The van der Waals surface area contributed by atoms with Crippen LogP contribution < -0.4 is 10.4 Å². The van der Waals surface area contributed by atoms with Crippen molar-refractivity contribution in [2.45, 2.75) is 20.5 Å². The van der Waals surface area contributed by atoms with E-state index in [1.54, 1.807) is 13.2 Å². The number of pyridine rings is 1. The first-order valence-corrected chi connectivity index (χ1v) is 9.25. The molecule has 0 fully saturated rings. The number of aromatic nitrogens is 5. The summed E-state index contributed by atoms with van der Waals surface area (Å²) in [6.45, 7) is 4.32. The van der Waals surface area contributed by atoms with Crippen molar-refractivity contribution in [1.29, 1.82) is 0 Å². The molecule has 0 spiro atoms. The molecule has 0 saturated carbocycles. The van der Waals surface area contributed by atoms with E-state index in [0.29, 0.717) is 11.4 Å². The maximum atomic E-state index is 12.3. The number of rotatable bonds is 5. The van der Waals surface area contributed by atoms with E-state index in [2.05, 4.69) is 34.5 Å². The minimum absolute atomic E-state index is 0.282. The Balaban J connectivity index is 1.63. The zero-order valence-electron chi connectivity index (χ0n) is 16.5. The monoisotopic (exact) mass is 387 g/mol. The van der Waals surface area contributed by atoms with Gasteiger partial charge in [0.1, 0.15) is 12.4 Å². The van der Waals surface area contributed by atoms with E-state index >= 15 is 0 Å². The molecule has 0 atom stereocenters. The lowest BCUT2D eigenvalue weighted by molar-refractivity contribution is 0.303. The highest BCUT2D eigenvalue weighted by Crippen LogP contribution is 2.25. The summed E-state index contributed by atoms with van der Waals surface area (Å²) in [5, 5.41) is 7.75. The van der Waals surface area contributed by atoms with Crippen LogP contribution in [0.1, 0.15) is 16.7 Å². The molecule has 0 unspecified atom stereocenters. The van der Waals surface area contributed by atoms with Crippen LogP contribution in [0.3, 0.4) is 0 Å². The largest absolute Gasteiger partial charge is 0.487 e. The summed E-state index contributed by atoms with van der Waals surface area (Å²) >= 11 is 0. The molecule has 7 heteroatoms. The summed E-state index contributed by atoms with van der Waals surface area (Å²) in [6, 6.07) is 15.9. The third-order valence-corrected chi connectivity index (χ3v) is 4.78. The Morgan fingerprint density at radius 2 is 1.79 bits per heavy atom. The van der Waals surface area contributed by atoms with Gasteiger partial charge in [-0.05, 0) is 47.5 Å². The summed E-state index contributed by atoms with van der Waals surface area (Å²) in [5.74, 6) is 0.657. The van der Waals surface area contributed by atoms with E-state index in [1.165, 1.54) is 14.9 Å². The molecule has 29 heavy (non-hydrogen) atoms. The minimum atomic E-state index is -0.306. The Labute approximate surface area is 168 Å². The van der Waals surface area contributed by atoms with Crippen LogP contribution >= 0.6 is 0 Å². The molecule has 0 aliphatic rings. The van der Waals surface area contributed by atoms with Crippen LogP contribution in [-0.2, 0) is 13.7 Å². The highest BCUT2D eigenvalue weighted by molar-refractivity contribution is 5.64. The van der Waals surface area contributed by atoms with Gasteiger partial charge in [0.2, 0.25) is 0 Å². The fourth-order valence-electron chi connectivity index (χ4n) is 3.17. The summed E-state index contributed by atoms with van der Waals surface area (Å²) < 4.78 is 8.52. The second-order valence-corrected chi connectivity index (χ2v) is 6.94.